The van der Waals surface area contributed by atoms with Crippen LogP contribution in [0.1, 0.15) is 6.42 Å². The van der Waals surface area contributed by atoms with Gasteiger partial charge in [0.2, 0.25) is 15.8 Å². The number of tetrazole rings is 1. The average molecular weight is 539 g/mol. The van der Waals surface area contributed by atoms with Crippen molar-refractivity contribution in [3.8, 4) is 22.5 Å². The predicted molar refractivity (Wildman–Crippen MR) is 127 cm³/mol. The summed E-state index contributed by atoms with van der Waals surface area (Å²) in [5.74, 6) is -0.223. The van der Waals surface area contributed by atoms with Gasteiger partial charge in [-0.2, -0.15) is 18.0 Å². The molecule has 2 atom stereocenters. The molecule has 1 aromatic heterocycles. The molecule has 0 aliphatic carbocycles. The van der Waals surface area contributed by atoms with Gasteiger partial charge in [-0.1, -0.05) is 18.2 Å². The van der Waals surface area contributed by atoms with Crippen molar-refractivity contribution in [1.82, 2.24) is 25.9 Å². The Hall–Kier alpha value is -3.05. The number of benzene rings is 2. The molecular formula is C19H20N7O6S3-. The Morgan fingerprint density at radius 2 is 1.91 bits per heavy atom. The summed E-state index contributed by atoms with van der Waals surface area (Å²) in [6, 6.07) is 8.63. The summed E-state index contributed by atoms with van der Waals surface area (Å²) >= 11 is -3.02. The summed E-state index contributed by atoms with van der Waals surface area (Å²) in [5.41, 5.74) is 0.953. The zero-order valence-corrected chi connectivity index (χ0v) is 20.7. The van der Waals surface area contributed by atoms with Gasteiger partial charge in [-0.3, -0.25) is 8.93 Å². The summed E-state index contributed by atoms with van der Waals surface area (Å²) in [4.78, 5) is -1.07. The summed E-state index contributed by atoms with van der Waals surface area (Å²) in [6.45, 7) is 1.32. The lowest BCUT2D eigenvalue weighted by molar-refractivity contribution is 0.533. The van der Waals surface area contributed by atoms with Crippen molar-refractivity contribution < 1.29 is 25.6 Å². The third-order valence-corrected chi connectivity index (χ3v) is 7.93. The molecule has 0 amide bonds. The van der Waals surface area contributed by atoms with Crippen LogP contribution in [-0.4, -0.2) is 71.8 Å². The number of nitrogens with one attached hydrogen (secondary N) is 3. The SMILES string of the molecule is CS(=O)(=O)Nc1ccc(-c2ccc(S(=O)(=O)N=CC3CCNC3)c(S(=O)[O-])c2-c2nn[nH]n2)cc1. The first-order chi connectivity index (χ1) is 16.5. The molecule has 3 aromatic rings. The van der Waals surface area contributed by atoms with Crippen molar-refractivity contribution in [2.75, 3.05) is 24.1 Å². The first-order valence-electron chi connectivity index (χ1n) is 10.1. The van der Waals surface area contributed by atoms with Crippen LogP contribution in [0.2, 0.25) is 0 Å². The summed E-state index contributed by atoms with van der Waals surface area (Å²) in [7, 11) is -7.88. The van der Waals surface area contributed by atoms with E-state index in [1.807, 2.05) is 0 Å². The Balaban J connectivity index is 1.86. The van der Waals surface area contributed by atoms with Gasteiger partial charge in [0.15, 0.2) is 0 Å². The molecule has 0 bridgehead atoms. The number of hydrogen-bond donors (Lipinski definition) is 3. The molecule has 1 fully saturated rings. The van der Waals surface area contributed by atoms with Crippen LogP contribution in [0.4, 0.5) is 5.69 Å². The molecule has 0 spiro atoms. The van der Waals surface area contributed by atoms with Crippen molar-refractivity contribution in [3.63, 3.8) is 0 Å². The molecule has 2 aromatic carbocycles. The second-order valence-corrected chi connectivity index (χ2v) is 11.9. The minimum Gasteiger partial charge on any atom is -0.768 e. The van der Waals surface area contributed by atoms with Crippen LogP contribution in [0.25, 0.3) is 22.5 Å². The molecule has 186 valence electrons. The fourth-order valence-corrected chi connectivity index (χ4v) is 6.33. The Labute approximate surface area is 203 Å². The van der Waals surface area contributed by atoms with E-state index in [2.05, 4.69) is 35.1 Å². The van der Waals surface area contributed by atoms with Crippen molar-refractivity contribution >= 4 is 43.0 Å². The highest BCUT2D eigenvalue weighted by atomic mass is 32.2. The number of nitrogens with zero attached hydrogens (tertiary/aromatic N) is 4. The minimum atomic E-state index is -4.38. The molecule has 35 heavy (non-hydrogen) atoms. The lowest BCUT2D eigenvalue weighted by Crippen LogP contribution is -2.12. The second kappa shape index (κ2) is 9.90. The van der Waals surface area contributed by atoms with E-state index in [1.54, 1.807) is 12.1 Å². The van der Waals surface area contributed by atoms with Crippen LogP contribution in [0.5, 0.6) is 0 Å². The summed E-state index contributed by atoms with van der Waals surface area (Å²) < 4.78 is 79.8. The second-order valence-electron chi connectivity index (χ2n) is 7.72. The molecule has 16 heteroatoms. The smallest absolute Gasteiger partial charge is 0.283 e. The zero-order valence-electron chi connectivity index (χ0n) is 18.2. The van der Waals surface area contributed by atoms with Gasteiger partial charge in [-0.05, 0) is 58.6 Å². The number of rotatable bonds is 8. The molecule has 1 saturated heterocycles. The molecular weight excluding hydrogens is 518 g/mol. The first kappa shape index (κ1) is 25.1. The zero-order chi connectivity index (χ0) is 25.2. The van der Waals surface area contributed by atoms with E-state index in [0.29, 0.717) is 23.4 Å². The van der Waals surface area contributed by atoms with Gasteiger partial charge >= 0.3 is 0 Å². The molecule has 2 heterocycles. The lowest BCUT2D eigenvalue weighted by atomic mass is 9.99. The number of aromatic nitrogens is 4. The minimum absolute atomic E-state index is 0.0824. The van der Waals surface area contributed by atoms with Crippen LogP contribution in [0, 0.1) is 5.92 Å². The van der Waals surface area contributed by atoms with Crippen molar-refractivity contribution in [3.05, 3.63) is 36.4 Å². The van der Waals surface area contributed by atoms with Crippen LogP contribution in [0.3, 0.4) is 0 Å². The van der Waals surface area contributed by atoms with E-state index in [9.17, 15) is 25.6 Å². The lowest BCUT2D eigenvalue weighted by Gasteiger charge is -2.18. The number of aromatic amines is 1. The highest BCUT2D eigenvalue weighted by Gasteiger charge is 2.27. The van der Waals surface area contributed by atoms with E-state index < -0.39 is 40.9 Å². The van der Waals surface area contributed by atoms with Gasteiger partial charge in [0.25, 0.3) is 10.0 Å². The van der Waals surface area contributed by atoms with Crippen LogP contribution < -0.4 is 10.0 Å². The maximum Gasteiger partial charge on any atom is 0.283 e. The monoisotopic (exact) mass is 538 g/mol. The molecule has 1 aliphatic heterocycles. The molecule has 4 rings (SSSR count). The Morgan fingerprint density at radius 1 is 1.17 bits per heavy atom. The topological polar surface area (TPSA) is 199 Å². The normalized spacial score (nSPS) is 17.6. The third-order valence-electron chi connectivity index (χ3n) is 5.14. The van der Waals surface area contributed by atoms with E-state index >= 15 is 0 Å². The van der Waals surface area contributed by atoms with Gasteiger partial charge < -0.3 is 9.87 Å². The molecule has 2 unspecified atom stereocenters. The quantitative estimate of drug-likeness (QED) is 0.268. The van der Waals surface area contributed by atoms with Gasteiger partial charge in [-0.25, -0.2) is 8.42 Å². The van der Waals surface area contributed by atoms with E-state index in [1.165, 1.54) is 24.4 Å². The number of sulfonamides is 2. The van der Waals surface area contributed by atoms with Crippen molar-refractivity contribution in [2.45, 2.75) is 16.2 Å². The average Bonchev–Trinajstić information content (AvgIpc) is 3.50. The van der Waals surface area contributed by atoms with Crippen molar-refractivity contribution in [2.24, 2.45) is 10.3 Å². The molecule has 0 radical (unpaired) electrons. The Bertz CT molecular complexity index is 1480. The molecule has 3 N–H and O–H groups in total. The highest BCUT2D eigenvalue weighted by Crippen LogP contribution is 2.39. The maximum absolute atomic E-state index is 13.0. The largest absolute Gasteiger partial charge is 0.768 e. The van der Waals surface area contributed by atoms with Crippen LogP contribution >= 0.6 is 0 Å². The van der Waals surface area contributed by atoms with Crippen LogP contribution in [0.15, 0.2) is 50.6 Å². The highest BCUT2D eigenvalue weighted by molar-refractivity contribution is 7.92. The van der Waals surface area contributed by atoms with E-state index in [4.69, 9.17) is 0 Å². The predicted octanol–water partition coefficient (Wildman–Crippen LogP) is 0.512. The van der Waals surface area contributed by atoms with Gasteiger partial charge in [0.1, 0.15) is 4.90 Å². The summed E-state index contributed by atoms with van der Waals surface area (Å²) in [5, 5.41) is 16.5. The standard InChI is InChI=1S/C19H21N7O6S3/c1-34(29,30)24-14-4-2-13(3-5-14)15-6-7-16(35(31,32)21-11-12-8-9-20-10-12)18(33(27)28)17(15)19-22-25-26-23-19/h2-7,11-12,20,24H,8-10H2,1H3,(H,27,28)(H,22,23,25,26)/p-1. The molecule has 13 nitrogen and oxygen atoms in total. The fourth-order valence-electron chi connectivity index (χ4n) is 3.62. The van der Waals surface area contributed by atoms with Gasteiger partial charge in [0.05, 0.1) is 11.2 Å². The third kappa shape index (κ3) is 5.79. The van der Waals surface area contributed by atoms with Gasteiger partial charge in [0, 0.05) is 29.9 Å². The number of H-pyrrole nitrogens is 1. The number of anilines is 1. The Kier molecular flexibility index (Phi) is 7.09. The van der Waals surface area contributed by atoms with E-state index in [0.717, 1.165) is 25.3 Å². The maximum atomic E-state index is 13.0. The molecule has 0 saturated carbocycles. The van der Waals surface area contributed by atoms with Crippen molar-refractivity contribution in [1.29, 1.82) is 0 Å². The molecule has 1 aliphatic rings. The Morgan fingerprint density at radius 3 is 2.49 bits per heavy atom. The number of hydrogen-bond acceptors (Lipinski definition) is 10. The summed E-state index contributed by atoms with van der Waals surface area (Å²) in [6.07, 6.45) is 3.04. The van der Waals surface area contributed by atoms with Crippen LogP contribution in [-0.2, 0) is 31.1 Å². The first-order valence-corrected chi connectivity index (χ1v) is 14.6. The van der Waals surface area contributed by atoms with E-state index in [-0.39, 0.29) is 17.3 Å². The van der Waals surface area contributed by atoms with Gasteiger partial charge in [-0.15, -0.1) is 10.2 Å². The fraction of sp³-hybridized carbons (Fsp3) is 0.263.